The molecule has 0 radical (unpaired) electrons. The van der Waals surface area contributed by atoms with Crippen molar-refractivity contribution in [3.63, 3.8) is 0 Å². The van der Waals surface area contributed by atoms with E-state index in [-0.39, 0.29) is 0 Å². The lowest BCUT2D eigenvalue weighted by molar-refractivity contribution is 0.258. The van der Waals surface area contributed by atoms with E-state index in [0.717, 1.165) is 29.2 Å². The lowest BCUT2D eigenvalue weighted by Gasteiger charge is -2.16. The van der Waals surface area contributed by atoms with E-state index in [1.807, 2.05) is 48.5 Å². The van der Waals surface area contributed by atoms with Crippen LogP contribution in [0.1, 0.15) is 20.3 Å². The normalized spacial score (nSPS) is 11.8. The van der Waals surface area contributed by atoms with Gasteiger partial charge in [-0.3, -0.25) is 5.84 Å². The number of hydrazine groups is 1. The highest BCUT2D eigenvalue weighted by molar-refractivity contribution is 5.67. The number of nitrogens with one attached hydrogen (secondary N) is 2. The van der Waals surface area contributed by atoms with Crippen LogP contribution in [0.25, 0.3) is 0 Å². The third-order valence-electron chi connectivity index (χ3n) is 3.42. The van der Waals surface area contributed by atoms with Gasteiger partial charge in [-0.1, -0.05) is 38.5 Å². The van der Waals surface area contributed by atoms with Crippen molar-refractivity contribution in [2.75, 3.05) is 17.3 Å². The summed E-state index contributed by atoms with van der Waals surface area (Å²) in [4.78, 5) is 0. The van der Waals surface area contributed by atoms with Crippen molar-refractivity contribution in [2.45, 2.75) is 20.3 Å². The van der Waals surface area contributed by atoms with Crippen molar-refractivity contribution in [1.29, 1.82) is 0 Å². The van der Waals surface area contributed by atoms with Gasteiger partial charge in [-0.15, -0.1) is 0 Å². The zero-order valence-electron chi connectivity index (χ0n) is 12.6. The number of benzene rings is 2. The summed E-state index contributed by atoms with van der Waals surface area (Å²) in [5.41, 5.74) is 5.48. The van der Waals surface area contributed by atoms with Gasteiger partial charge in [-0.2, -0.15) is 0 Å². The Balaban J connectivity index is 2.13. The van der Waals surface area contributed by atoms with Gasteiger partial charge in [0.2, 0.25) is 0 Å². The number of hydrogen-bond acceptors (Lipinski definition) is 4. The quantitative estimate of drug-likeness (QED) is 0.528. The van der Waals surface area contributed by atoms with Crippen LogP contribution in [0.4, 0.5) is 17.1 Å². The molecule has 0 saturated heterocycles. The van der Waals surface area contributed by atoms with Gasteiger partial charge in [0.15, 0.2) is 0 Å². The maximum absolute atomic E-state index is 5.88. The van der Waals surface area contributed by atoms with Crippen molar-refractivity contribution in [1.82, 2.24) is 0 Å². The molecule has 0 aliphatic heterocycles. The average Bonchev–Trinajstić information content (AvgIpc) is 2.53. The summed E-state index contributed by atoms with van der Waals surface area (Å²) in [6, 6.07) is 15.9. The molecule has 21 heavy (non-hydrogen) atoms. The van der Waals surface area contributed by atoms with Gasteiger partial charge in [0.1, 0.15) is 5.75 Å². The Bertz CT molecular complexity index is 557. The highest BCUT2D eigenvalue weighted by atomic mass is 16.5. The van der Waals surface area contributed by atoms with Gasteiger partial charge in [-0.05, 0) is 30.2 Å². The molecule has 4 heteroatoms. The topological polar surface area (TPSA) is 59.3 Å². The Morgan fingerprint density at radius 2 is 1.86 bits per heavy atom. The van der Waals surface area contributed by atoms with Crippen LogP contribution in [0.2, 0.25) is 0 Å². The number of nitrogens with two attached hydrogens (primary N) is 1. The lowest BCUT2D eigenvalue weighted by atomic mass is 10.1. The van der Waals surface area contributed by atoms with Crippen LogP contribution in [0.5, 0.6) is 5.75 Å². The van der Waals surface area contributed by atoms with Gasteiger partial charge >= 0.3 is 0 Å². The van der Waals surface area contributed by atoms with E-state index in [2.05, 4.69) is 24.6 Å². The molecule has 4 nitrogen and oxygen atoms in total. The Morgan fingerprint density at radius 3 is 2.52 bits per heavy atom. The molecule has 0 bridgehead atoms. The first-order valence-electron chi connectivity index (χ1n) is 7.28. The summed E-state index contributed by atoms with van der Waals surface area (Å²) in [7, 11) is 0. The lowest BCUT2D eigenvalue weighted by Crippen LogP contribution is -2.12. The molecule has 2 aromatic rings. The SMILES string of the molecule is CCC(C)COc1cc(Nc2ccccc2)ccc1NN. The maximum Gasteiger partial charge on any atom is 0.145 e. The summed E-state index contributed by atoms with van der Waals surface area (Å²) in [6.07, 6.45) is 1.09. The number of rotatable bonds is 7. The number of hydrogen-bond donors (Lipinski definition) is 3. The van der Waals surface area contributed by atoms with Gasteiger partial charge in [0.25, 0.3) is 0 Å². The minimum absolute atomic E-state index is 0.515. The molecule has 0 aromatic heterocycles. The molecule has 112 valence electrons. The molecule has 1 atom stereocenters. The smallest absolute Gasteiger partial charge is 0.145 e. The molecule has 0 heterocycles. The first-order chi connectivity index (χ1) is 10.2. The molecule has 1 unspecified atom stereocenters. The zero-order valence-corrected chi connectivity index (χ0v) is 12.6. The molecule has 0 spiro atoms. The zero-order chi connectivity index (χ0) is 15.1. The van der Waals surface area contributed by atoms with E-state index >= 15 is 0 Å². The molecule has 0 aliphatic rings. The van der Waals surface area contributed by atoms with E-state index in [1.165, 1.54) is 0 Å². The molecule has 0 saturated carbocycles. The molecule has 0 aliphatic carbocycles. The van der Waals surface area contributed by atoms with Crippen LogP contribution in [0, 0.1) is 5.92 Å². The first kappa shape index (κ1) is 15.2. The second-order valence-electron chi connectivity index (χ2n) is 5.17. The molecular formula is C17H23N3O. The fourth-order valence-electron chi connectivity index (χ4n) is 1.88. The van der Waals surface area contributed by atoms with Gasteiger partial charge in [0, 0.05) is 17.4 Å². The second kappa shape index (κ2) is 7.55. The van der Waals surface area contributed by atoms with E-state index in [0.29, 0.717) is 12.5 Å². The standard InChI is InChI=1S/C17H23N3O/c1-3-13(2)12-21-17-11-15(9-10-16(17)20-18)19-14-7-5-4-6-8-14/h4-11,13,19-20H,3,12,18H2,1-2H3. The third-order valence-corrected chi connectivity index (χ3v) is 3.42. The van der Waals surface area contributed by atoms with Crippen molar-refractivity contribution >= 4 is 17.1 Å². The van der Waals surface area contributed by atoms with Gasteiger partial charge < -0.3 is 15.5 Å². The molecule has 2 aromatic carbocycles. The van der Waals surface area contributed by atoms with Crippen LogP contribution >= 0.6 is 0 Å². The Hall–Kier alpha value is -2.20. The monoisotopic (exact) mass is 285 g/mol. The van der Waals surface area contributed by atoms with E-state index in [1.54, 1.807) is 0 Å². The molecule has 4 N–H and O–H groups in total. The third kappa shape index (κ3) is 4.39. The number of ether oxygens (including phenoxy) is 1. The summed E-state index contributed by atoms with van der Waals surface area (Å²) < 4.78 is 5.88. The Labute approximate surface area is 126 Å². The number of anilines is 3. The summed E-state index contributed by atoms with van der Waals surface area (Å²) in [5, 5.41) is 3.35. The van der Waals surface area contributed by atoms with Crippen molar-refractivity contribution in [3.05, 3.63) is 48.5 Å². The number of nitrogen functional groups attached to an aromatic ring is 1. The predicted molar refractivity (Wildman–Crippen MR) is 88.9 cm³/mol. The van der Waals surface area contributed by atoms with E-state index in [4.69, 9.17) is 10.6 Å². The van der Waals surface area contributed by atoms with E-state index < -0.39 is 0 Å². The van der Waals surface area contributed by atoms with Gasteiger partial charge in [0.05, 0.1) is 12.3 Å². The predicted octanol–water partition coefficient (Wildman–Crippen LogP) is 4.14. The van der Waals surface area contributed by atoms with Crippen LogP contribution in [-0.4, -0.2) is 6.61 Å². The highest BCUT2D eigenvalue weighted by Crippen LogP contribution is 2.29. The maximum atomic E-state index is 5.88. The largest absolute Gasteiger partial charge is 0.491 e. The molecule has 0 fully saturated rings. The van der Waals surface area contributed by atoms with Crippen LogP contribution in [-0.2, 0) is 0 Å². The van der Waals surface area contributed by atoms with Crippen LogP contribution in [0.15, 0.2) is 48.5 Å². The summed E-state index contributed by atoms with van der Waals surface area (Å²) >= 11 is 0. The van der Waals surface area contributed by atoms with Crippen LogP contribution in [0.3, 0.4) is 0 Å². The molecule has 0 amide bonds. The average molecular weight is 285 g/mol. The van der Waals surface area contributed by atoms with Crippen molar-refractivity contribution in [3.8, 4) is 5.75 Å². The Morgan fingerprint density at radius 1 is 1.10 bits per heavy atom. The molecular weight excluding hydrogens is 262 g/mol. The van der Waals surface area contributed by atoms with Crippen LogP contribution < -0.4 is 21.3 Å². The fourth-order valence-corrected chi connectivity index (χ4v) is 1.88. The minimum Gasteiger partial charge on any atom is -0.491 e. The molecule has 2 rings (SSSR count). The second-order valence-corrected chi connectivity index (χ2v) is 5.17. The van der Waals surface area contributed by atoms with E-state index in [9.17, 15) is 0 Å². The fraction of sp³-hybridized carbons (Fsp3) is 0.294. The van der Waals surface area contributed by atoms with Crippen molar-refractivity contribution < 1.29 is 4.74 Å². The summed E-state index contributed by atoms with van der Waals surface area (Å²) in [6.45, 7) is 5.01. The number of para-hydroxylation sites is 1. The first-order valence-corrected chi connectivity index (χ1v) is 7.28. The van der Waals surface area contributed by atoms with Crippen molar-refractivity contribution in [2.24, 2.45) is 11.8 Å². The minimum atomic E-state index is 0.515. The summed E-state index contributed by atoms with van der Waals surface area (Å²) in [5.74, 6) is 6.82. The Kier molecular flexibility index (Phi) is 5.46. The highest BCUT2D eigenvalue weighted by Gasteiger charge is 2.07. The van der Waals surface area contributed by atoms with Gasteiger partial charge in [-0.25, -0.2) is 0 Å².